The van der Waals surface area contributed by atoms with Gasteiger partial charge in [0.1, 0.15) is 29.5 Å². The van der Waals surface area contributed by atoms with Crippen LogP contribution in [-0.4, -0.2) is 29.0 Å². The van der Waals surface area contributed by atoms with E-state index in [0.29, 0.717) is 5.69 Å². The molecule has 2 N–H and O–H groups in total. The minimum Gasteiger partial charge on any atom is -0.465 e. The maximum atomic E-state index is 13.8. The number of esters is 1. The molecule has 1 amide bonds. The van der Waals surface area contributed by atoms with Crippen LogP contribution in [-0.2, 0) is 4.74 Å². The van der Waals surface area contributed by atoms with E-state index in [9.17, 15) is 18.4 Å². The van der Waals surface area contributed by atoms with Gasteiger partial charge in [0.25, 0.3) is 5.91 Å². The van der Waals surface area contributed by atoms with Gasteiger partial charge in [0.05, 0.1) is 18.4 Å². The highest BCUT2D eigenvalue weighted by atomic mass is 19.1. The van der Waals surface area contributed by atoms with Crippen molar-refractivity contribution in [3.63, 3.8) is 0 Å². The molecule has 28 heavy (non-hydrogen) atoms. The Morgan fingerprint density at radius 2 is 1.86 bits per heavy atom. The molecule has 7 nitrogen and oxygen atoms in total. The number of carbonyl (C=O) groups is 2. The molecule has 0 radical (unpaired) electrons. The second kappa shape index (κ2) is 8.21. The van der Waals surface area contributed by atoms with Crippen LogP contribution in [0.15, 0.2) is 54.9 Å². The number of nitrogens with one attached hydrogen (secondary N) is 2. The van der Waals surface area contributed by atoms with Crippen molar-refractivity contribution in [2.24, 2.45) is 0 Å². The Morgan fingerprint density at radius 1 is 1.04 bits per heavy atom. The third-order valence-electron chi connectivity index (χ3n) is 3.64. The van der Waals surface area contributed by atoms with Gasteiger partial charge in [-0.15, -0.1) is 0 Å². The molecule has 0 bridgehead atoms. The van der Waals surface area contributed by atoms with Crippen LogP contribution in [0.3, 0.4) is 0 Å². The molecule has 0 unspecified atom stereocenters. The summed E-state index contributed by atoms with van der Waals surface area (Å²) in [6, 6.07) is 10.5. The number of methoxy groups -OCH3 is 1. The topological polar surface area (TPSA) is 93.2 Å². The molecule has 0 atom stereocenters. The molecule has 0 saturated carbocycles. The number of hydrogen-bond donors (Lipinski definition) is 2. The number of halogens is 2. The lowest BCUT2D eigenvalue weighted by atomic mass is 10.2. The van der Waals surface area contributed by atoms with Crippen LogP contribution >= 0.6 is 0 Å². The van der Waals surface area contributed by atoms with E-state index in [2.05, 4.69) is 25.3 Å². The molecule has 0 aliphatic heterocycles. The van der Waals surface area contributed by atoms with Gasteiger partial charge in [-0.25, -0.2) is 23.5 Å². The van der Waals surface area contributed by atoms with Gasteiger partial charge in [-0.05, 0) is 30.3 Å². The van der Waals surface area contributed by atoms with Crippen molar-refractivity contribution in [1.29, 1.82) is 0 Å². The monoisotopic (exact) mass is 384 g/mol. The smallest absolute Gasteiger partial charge is 0.337 e. The molecule has 0 aliphatic carbocycles. The summed E-state index contributed by atoms with van der Waals surface area (Å²) in [6.07, 6.45) is 1.13. The van der Waals surface area contributed by atoms with Gasteiger partial charge in [0.2, 0.25) is 0 Å². The number of amides is 1. The van der Waals surface area contributed by atoms with E-state index >= 15 is 0 Å². The van der Waals surface area contributed by atoms with Crippen molar-refractivity contribution in [3.05, 3.63) is 77.8 Å². The van der Waals surface area contributed by atoms with Crippen LogP contribution in [0, 0.1) is 11.6 Å². The second-order valence-electron chi connectivity index (χ2n) is 5.56. The standard InChI is InChI=1S/C19H14F2N4O3/c1-28-19(27)11-3-2-4-13(7-11)24-18(26)16-9-17(23-10-22-16)25-15-6-5-12(20)8-14(15)21/h2-10H,1H3,(H,24,26)(H,22,23,25). The number of hydrogen-bond acceptors (Lipinski definition) is 6. The van der Waals surface area contributed by atoms with E-state index in [0.717, 1.165) is 18.5 Å². The largest absolute Gasteiger partial charge is 0.465 e. The molecule has 0 saturated heterocycles. The van der Waals surface area contributed by atoms with E-state index < -0.39 is 23.5 Å². The van der Waals surface area contributed by atoms with Crippen LogP contribution in [0.1, 0.15) is 20.8 Å². The average molecular weight is 384 g/mol. The van der Waals surface area contributed by atoms with Gasteiger partial charge in [-0.2, -0.15) is 0 Å². The zero-order valence-corrected chi connectivity index (χ0v) is 14.6. The van der Waals surface area contributed by atoms with Crippen molar-refractivity contribution in [2.75, 3.05) is 17.7 Å². The molecule has 3 aromatic rings. The molecule has 0 fully saturated rings. The van der Waals surface area contributed by atoms with E-state index in [4.69, 9.17) is 0 Å². The maximum absolute atomic E-state index is 13.8. The fraction of sp³-hybridized carbons (Fsp3) is 0.0526. The Morgan fingerprint density at radius 3 is 2.61 bits per heavy atom. The Labute approximate surface area is 158 Å². The van der Waals surface area contributed by atoms with Gasteiger partial charge >= 0.3 is 5.97 Å². The molecule has 142 valence electrons. The number of aromatic nitrogens is 2. The molecule has 1 heterocycles. The van der Waals surface area contributed by atoms with Crippen molar-refractivity contribution in [2.45, 2.75) is 0 Å². The lowest BCUT2D eigenvalue weighted by Gasteiger charge is -2.09. The summed E-state index contributed by atoms with van der Waals surface area (Å²) in [5.41, 5.74) is 0.642. The van der Waals surface area contributed by atoms with E-state index in [1.165, 1.54) is 25.3 Å². The van der Waals surface area contributed by atoms with Crippen LogP contribution in [0.2, 0.25) is 0 Å². The van der Waals surface area contributed by atoms with Gasteiger partial charge in [0, 0.05) is 17.8 Å². The summed E-state index contributed by atoms with van der Waals surface area (Å²) < 4.78 is 31.4. The Bertz CT molecular complexity index is 1040. The van der Waals surface area contributed by atoms with Crippen molar-refractivity contribution in [1.82, 2.24) is 9.97 Å². The highest BCUT2D eigenvalue weighted by Crippen LogP contribution is 2.20. The van der Waals surface area contributed by atoms with Crippen molar-refractivity contribution in [3.8, 4) is 0 Å². The van der Waals surface area contributed by atoms with Crippen molar-refractivity contribution < 1.29 is 23.1 Å². The van der Waals surface area contributed by atoms with E-state index in [-0.39, 0.29) is 22.8 Å². The molecule has 0 aliphatic rings. The molecule has 3 rings (SSSR count). The number of nitrogens with zero attached hydrogens (tertiary/aromatic N) is 2. The first-order valence-electron chi connectivity index (χ1n) is 8.00. The molecular weight excluding hydrogens is 370 g/mol. The predicted octanol–water partition coefficient (Wildman–Crippen LogP) is 3.54. The first kappa shape index (κ1) is 18.9. The molecule has 1 aromatic heterocycles. The number of ether oxygens (including phenoxy) is 1. The summed E-state index contributed by atoms with van der Waals surface area (Å²) in [6.45, 7) is 0. The van der Waals surface area contributed by atoms with Gasteiger partial charge in [-0.1, -0.05) is 6.07 Å². The van der Waals surface area contributed by atoms with Crippen LogP contribution in [0.25, 0.3) is 0 Å². The minimum absolute atomic E-state index is 0.00256. The summed E-state index contributed by atoms with van der Waals surface area (Å²) >= 11 is 0. The molecular formula is C19H14F2N4O3. The van der Waals surface area contributed by atoms with E-state index in [1.807, 2.05) is 0 Å². The van der Waals surface area contributed by atoms with Crippen LogP contribution in [0.5, 0.6) is 0 Å². The first-order chi connectivity index (χ1) is 13.5. The quantitative estimate of drug-likeness (QED) is 0.654. The van der Waals surface area contributed by atoms with Gasteiger partial charge in [0.15, 0.2) is 0 Å². The van der Waals surface area contributed by atoms with E-state index in [1.54, 1.807) is 18.2 Å². The number of benzene rings is 2. The zero-order chi connectivity index (χ0) is 20.1. The molecule has 9 heteroatoms. The third kappa shape index (κ3) is 4.44. The highest BCUT2D eigenvalue weighted by molar-refractivity contribution is 6.04. The highest BCUT2D eigenvalue weighted by Gasteiger charge is 2.12. The SMILES string of the molecule is COC(=O)c1cccc(NC(=O)c2cc(Nc3ccc(F)cc3F)ncn2)c1. The first-order valence-corrected chi connectivity index (χ1v) is 8.00. The Hall–Kier alpha value is -3.88. The summed E-state index contributed by atoms with van der Waals surface area (Å²) in [5, 5.41) is 5.26. The minimum atomic E-state index is -0.802. The van der Waals surface area contributed by atoms with Crippen LogP contribution in [0.4, 0.5) is 26.0 Å². The average Bonchev–Trinajstić information content (AvgIpc) is 2.70. The lowest BCUT2D eigenvalue weighted by Crippen LogP contribution is -2.15. The fourth-order valence-corrected chi connectivity index (χ4v) is 2.32. The van der Waals surface area contributed by atoms with Gasteiger partial charge in [-0.3, -0.25) is 4.79 Å². The van der Waals surface area contributed by atoms with Crippen molar-refractivity contribution >= 4 is 29.1 Å². The number of carbonyl (C=O) groups excluding carboxylic acids is 2. The normalized spacial score (nSPS) is 10.2. The lowest BCUT2D eigenvalue weighted by molar-refractivity contribution is 0.0600. The predicted molar refractivity (Wildman–Crippen MR) is 97.4 cm³/mol. The summed E-state index contributed by atoms with van der Waals surface area (Å²) in [7, 11) is 1.26. The molecule has 2 aromatic carbocycles. The second-order valence-corrected chi connectivity index (χ2v) is 5.56. The van der Waals surface area contributed by atoms with Gasteiger partial charge < -0.3 is 15.4 Å². The Balaban J connectivity index is 1.76. The number of rotatable bonds is 5. The fourth-order valence-electron chi connectivity index (χ4n) is 2.32. The zero-order valence-electron chi connectivity index (χ0n) is 14.6. The summed E-state index contributed by atoms with van der Waals surface area (Å²) in [4.78, 5) is 31.8. The number of anilines is 3. The maximum Gasteiger partial charge on any atom is 0.337 e. The van der Waals surface area contributed by atoms with Crippen LogP contribution < -0.4 is 10.6 Å². The summed E-state index contributed by atoms with van der Waals surface area (Å²) in [5.74, 6) is -2.46. The Kier molecular flexibility index (Phi) is 5.54. The third-order valence-corrected chi connectivity index (χ3v) is 3.64. The molecule has 0 spiro atoms.